The van der Waals surface area contributed by atoms with Gasteiger partial charge in [0.05, 0.1) is 12.6 Å². The summed E-state index contributed by atoms with van der Waals surface area (Å²) < 4.78 is 18.6. The highest BCUT2D eigenvalue weighted by Gasteiger charge is 2.37. The van der Waals surface area contributed by atoms with E-state index in [9.17, 15) is 9.18 Å². The largest absolute Gasteiger partial charge is 0.496 e. The van der Waals surface area contributed by atoms with E-state index in [1.54, 1.807) is 13.2 Å². The summed E-state index contributed by atoms with van der Waals surface area (Å²) in [5.74, 6) is 0.626. The summed E-state index contributed by atoms with van der Waals surface area (Å²) in [6.07, 6.45) is 1.49. The Morgan fingerprint density at radius 2 is 2.16 bits per heavy atom. The highest BCUT2D eigenvalue weighted by Crippen LogP contribution is 2.29. The van der Waals surface area contributed by atoms with Crippen LogP contribution < -0.4 is 4.74 Å². The van der Waals surface area contributed by atoms with Gasteiger partial charge in [-0.05, 0) is 45.0 Å². The van der Waals surface area contributed by atoms with Crippen molar-refractivity contribution < 1.29 is 13.9 Å². The topological polar surface area (TPSA) is 29.5 Å². The van der Waals surface area contributed by atoms with E-state index in [0.717, 1.165) is 18.5 Å². The van der Waals surface area contributed by atoms with Gasteiger partial charge in [-0.3, -0.25) is 9.69 Å². The predicted molar refractivity (Wildman–Crippen MR) is 71.7 cm³/mol. The van der Waals surface area contributed by atoms with Crippen LogP contribution in [0.15, 0.2) is 18.2 Å². The molecule has 4 heteroatoms. The third kappa shape index (κ3) is 2.78. The van der Waals surface area contributed by atoms with E-state index in [4.69, 9.17) is 4.74 Å². The van der Waals surface area contributed by atoms with Crippen LogP contribution in [0.25, 0.3) is 0 Å². The lowest BCUT2D eigenvalue weighted by Crippen LogP contribution is -2.53. The molecule has 1 fully saturated rings. The van der Waals surface area contributed by atoms with Crippen LogP contribution in [0.5, 0.6) is 5.75 Å². The average Bonchev–Trinajstić information content (AvgIpc) is 2.36. The summed E-state index contributed by atoms with van der Waals surface area (Å²) in [4.78, 5) is 14.1. The Bertz CT molecular complexity index is 485. The molecule has 0 aromatic heterocycles. The summed E-state index contributed by atoms with van der Waals surface area (Å²) >= 11 is 0. The molecule has 0 unspecified atom stereocenters. The number of hydrogen-bond acceptors (Lipinski definition) is 3. The minimum Gasteiger partial charge on any atom is -0.496 e. The molecule has 104 valence electrons. The van der Waals surface area contributed by atoms with Crippen LogP contribution in [0.4, 0.5) is 4.39 Å². The second kappa shape index (κ2) is 5.29. The molecule has 0 spiro atoms. The lowest BCUT2D eigenvalue weighted by Gasteiger charge is -2.41. The fourth-order valence-corrected chi connectivity index (χ4v) is 2.55. The maximum absolute atomic E-state index is 13.4. The molecule has 3 nitrogen and oxygen atoms in total. The minimum atomic E-state index is -0.490. The maximum atomic E-state index is 13.4. The third-order valence-electron chi connectivity index (χ3n) is 3.91. The molecule has 0 bridgehead atoms. The number of likely N-dealkylation sites (tertiary alicyclic amines) is 1. The summed E-state index contributed by atoms with van der Waals surface area (Å²) in [5.41, 5.74) is 0.292. The molecule has 0 atom stereocenters. The van der Waals surface area contributed by atoms with Crippen LogP contribution in [0.3, 0.4) is 0 Å². The zero-order valence-electron chi connectivity index (χ0n) is 11.7. The number of methoxy groups -OCH3 is 1. The summed E-state index contributed by atoms with van der Waals surface area (Å²) in [5, 5.41) is 0. The number of carbonyl (C=O) groups excluding carboxylic acids is 1. The standard InChI is InChI=1S/C15H20FNO2/c1-15(2)14(18)5-4-8-17(15)10-11-9-12(16)6-7-13(11)19-3/h6-7,9H,4-5,8,10H2,1-3H3. The van der Waals surface area contributed by atoms with Crippen molar-refractivity contribution in [3.8, 4) is 5.75 Å². The van der Waals surface area contributed by atoms with Crippen LogP contribution in [-0.4, -0.2) is 29.9 Å². The van der Waals surface area contributed by atoms with Crippen molar-refractivity contribution in [3.05, 3.63) is 29.6 Å². The van der Waals surface area contributed by atoms with E-state index in [1.807, 2.05) is 13.8 Å². The molecule has 0 radical (unpaired) electrons. The molecule has 1 aromatic carbocycles. The molecule has 0 saturated carbocycles. The summed E-state index contributed by atoms with van der Waals surface area (Å²) in [7, 11) is 1.57. The molecule has 1 aromatic rings. The van der Waals surface area contributed by atoms with Crippen LogP contribution in [0.2, 0.25) is 0 Å². The monoisotopic (exact) mass is 265 g/mol. The van der Waals surface area contributed by atoms with Gasteiger partial charge in [0, 0.05) is 18.5 Å². The van der Waals surface area contributed by atoms with Crippen molar-refractivity contribution in [2.24, 2.45) is 0 Å². The van der Waals surface area contributed by atoms with E-state index in [2.05, 4.69) is 4.90 Å². The second-order valence-electron chi connectivity index (χ2n) is 5.46. The Hall–Kier alpha value is -1.42. The van der Waals surface area contributed by atoms with Crippen molar-refractivity contribution in [3.63, 3.8) is 0 Å². The second-order valence-corrected chi connectivity index (χ2v) is 5.46. The number of carbonyl (C=O) groups is 1. The number of piperidine rings is 1. The molecule has 1 aliphatic rings. The Morgan fingerprint density at radius 3 is 2.84 bits per heavy atom. The molecular formula is C15H20FNO2. The van der Waals surface area contributed by atoms with Crippen molar-refractivity contribution in [1.29, 1.82) is 0 Å². The summed E-state index contributed by atoms with van der Waals surface area (Å²) in [6, 6.07) is 4.49. The minimum absolute atomic E-state index is 0.245. The first-order valence-electron chi connectivity index (χ1n) is 6.56. The van der Waals surface area contributed by atoms with Gasteiger partial charge in [-0.25, -0.2) is 4.39 Å². The molecule has 1 aliphatic heterocycles. The zero-order valence-corrected chi connectivity index (χ0v) is 11.7. The Kier molecular flexibility index (Phi) is 3.90. The number of ether oxygens (including phenoxy) is 1. The number of nitrogens with zero attached hydrogens (tertiary/aromatic N) is 1. The zero-order chi connectivity index (χ0) is 14.0. The van der Waals surface area contributed by atoms with Gasteiger partial charge < -0.3 is 4.74 Å². The molecule has 0 N–H and O–H groups in total. The van der Waals surface area contributed by atoms with E-state index in [1.165, 1.54) is 12.1 Å². The first kappa shape index (κ1) is 14.0. The smallest absolute Gasteiger partial charge is 0.152 e. The number of benzene rings is 1. The molecule has 0 amide bonds. The molecular weight excluding hydrogens is 245 g/mol. The van der Waals surface area contributed by atoms with Gasteiger partial charge in [0.25, 0.3) is 0 Å². The van der Waals surface area contributed by atoms with Crippen LogP contribution in [0, 0.1) is 5.82 Å². The SMILES string of the molecule is COc1ccc(F)cc1CN1CCCC(=O)C1(C)C. The number of rotatable bonds is 3. The van der Waals surface area contributed by atoms with E-state index in [-0.39, 0.29) is 11.6 Å². The number of Topliss-reactive ketones (excluding diaryl/α,β-unsaturated/α-hetero) is 1. The Balaban J connectivity index is 2.25. The highest BCUT2D eigenvalue weighted by molar-refractivity contribution is 5.88. The first-order chi connectivity index (χ1) is 8.95. The lowest BCUT2D eigenvalue weighted by atomic mass is 9.88. The third-order valence-corrected chi connectivity index (χ3v) is 3.91. The highest BCUT2D eigenvalue weighted by atomic mass is 19.1. The lowest BCUT2D eigenvalue weighted by molar-refractivity contribution is -0.133. The van der Waals surface area contributed by atoms with Gasteiger partial charge in [0.15, 0.2) is 5.78 Å². The van der Waals surface area contributed by atoms with Crippen molar-refractivity contribution in [2.75, 3.05) is 13.7 Å². The molecule has 19 heavy (non-hydrogen) atoms. The van der Waals surface area contributed by atoms with Gasteiger partial charge >= 0.3 is 0 Å². The summed E-state index contributed by atoms with van der Waals surface area (Å²) in [6.45, 7) is 5.23. The van der Waals surface area contributed by atoms with Crippen molar-refractivity contribution in [2.45, 2.75) is 38.8 Å². The fourth-order valence-electron chi connectivity index (χ4n) is 2.55. The van der Waals surface area contributed by atoms with Gasteiger partial charge in [-0.1, -0.05) is 0 Å². The van der Waals surface area contributed by atoms with Crippen molar-refractivity contribution >= 4 is 5.78 Å². The van der Waals surface area contributed by atoms with Crippen LogP contribution in [0.1, 0.15) is 32.3 Å². The maximum Gasteiger partial charge on any atom is 0.152 e. The van der Waals surface area contributed by atoms with Gasteiger partial charge in [0.2, 0.25) is 0 Å². The molecule has 2 rings (SSSR count). The van der Waals surface area contributed by atoms with E-state index < -0.39 is 5.54 Å². The molecule has 0 aliphatic carbocycles. The van der Waals surface area contributed by atoms with Gasteiger partial charge in [0.1, 0.15) is 11.6 Å². The number of ketones is 1. The Morgan fingerprint density at radius 1 is 1.42 bits per heavy atom. The fraction of sp³-hybridized carbons (Fsp3) is 0.533. The normalized spacial score (nSPS) is 19.5. The number of halogens is 1. The molecule has 1 saturated heterocycles. The van der Waals surface area contributed by atoms with E-state index in [0.29, 0.717) is 18.7 Å². The average molecular weight is 265 g/mol. The van der Waals surface area contributed by atoms with Gasteiger partial charge in [-0.2, -0.15) is 0 Å². The quantitative estimate of drug-likeness (QED) is 0.841. The predicted octanol–water partition coefficient (Wildman–Crippen LogP) is 2.78. The molecule has 1 heterocycles. The number of hydrogen-bond donors (Lipinski definition) is 0. The van der Waals surface area contributed by atoms with Crippen LogP contribution in [-0.2, 0) is 11.3 Å². The van der Waals surface area contributed by atoms with Crippen molar-refractivity contribution in [1.82, 2.24) is 4.90 Å². The first-order valence-corrected chi connectivity index (χ1v) is 6.56. The van der Waals surface area contributed by atoms with Gasteiger partial charge in [-0.15, -0.1) is 0 Å². The Labute approximate surface area is 113 Å². The van der Waals surface area contributed by atoms with E-state index >= 15 is 0 Å². The van der Waals surface area contributed by atoms with Crippen LogP contribution >= 0.6 is 0 Å².